The Kier molecular flexibility index (Phi) is 6.35. The van der Waals surface area contributed by atoms with E-state index in [1.807, 2.05) is 0 Å². The average Bonchev–Trinajstić information content (AvgIpc) is 2.36. The lowest BCUT2D eigenvalue weighted by atomic mass is 10.2. The van der Waals surface area contributed by atoms with E-state index >= 15 is 0 Å². The van der Waals surface area contributed by atoms with Crippen molar-refractivity contribution in [3.63, 3.8) is 0 Å². The first-order valence-corrected chi connectivity index (χ1v) is 5.78. The van der Waals surface area contributed by atoms with Gasteiger partial charge in [-0.2, -0.15) is 22.0 Å². The van der Waals surface area contributed by atoms with Gasteiger partial charge in [-0.25, -0.2) is 0 Å². The molecule has 1 rings (SSSR count). The fourth-order valence-corrected chi connectivity index (χ4v) is 1.40. The van der Waals surface area contributed by atoms with Crippen LogP contribution in [0, 0.1) is 0 Å². The summed E-state index contributed by atoms with van der Waals surface area (Å²) in [6.45, 7) is -5.51. The monoisotopic (exact) mass is 329 g/mol. The predicted molar refractivity (Wildman–Crippen MR) is 65.1 cm³/mol. The van der Waals surface area contributed by atoms with Crippen LogP contribution in [0.5, 0.6) is 11.5 Å². The molecule has 0 aliphatic heterocycles. The number of rotatable bonds is 7. The van der Waals surface area contributed by atoms with Gasteiger partial charge < -0.3 is 19.5 Å². The van der Waals surface area contributed by atoms with Gasteiger partial charge in [-0.1, -0.05) is 0 Å². The molecule has 1 aromatic rings. The molecule has 0 unspecified atom stereocenters. The molecular formula is C12H12F5NO4. The van der Waals surface area contributed by atoms with Crippen molar-refractivity contribution in [3.8, 4) is 11.5 Å². The highest BCUT2D eigenvalue weighted by Gasteiger charge is 2.27. The molecule has 1 aromatic carbocycles. The highest BCUT2D eigenvalue weighted by Crippen LogP contribution is 2.31. The molecule has 5 nitrogen and oxygen atoms in total. The van der Waals surface area contributed by atoms with Crippen LogP contribution in [0.1, 0.15) is 0 Å². The third-order valence-corrected chi connectivity index (χ3v) is 2.16. The molecule has 0 aliphatic rings. The second-order valence-corrected chi connectivity index (χ2v) is 3.90. The molecule has 0 aliphatic carbocycles. The summed E-state index contributed by atoms with van der Waals surface area (Å²) in [5.74, 6) is -1.20. The number of methoxy groups -OCH3 is 1. The fourth-order valence-electron chi connectivity index (χ4n) is 1.40. The number of carbonyl (C=O) groups is 1. The molecule has 0 heterocycles. The Morgan fingerprint density at radius 2 is 1.95 bits per heavy atom. The molecular weight excluding hydrogens is 317 g/mol. The zero-order valence-corrected chi connectivity index (χ0v) is 11.2. The van der Waals surface area contributed by atoms with Crippen molar-refractivity contribution in [3.05, 3.63) is 18.2 Å². The van der Waals surface area contributed by atoms with E-state index in [-0.39, 0.29) is 17.2 Å². The van der Waals surface area contributed by atoms with E-state index in [2.05, 4.69) is 14.8 Å². The number of hydrogen-bond acceptors (Lipinski definition) is 4. The lowest BCUT2D eigenvalue weighted by Gasteiger charge is -2.12. The quantitative estimate of drug-likeness (QED) is 0.782. The molecule has 0 fully saturated rings. The van der Waals surface area contributed by atoms with E-state index in [1.54, 1.807) is 0 Å². The summed E-state index contributed by atoms with van der Waals surface area (Å²) in [5, 5.41) is 2.18. The van der Waals surface area contributed by atoms with E-state index in [0.717, 1.165) is 6.07 Å². The van der Waals surface area contributed by atoms with Crippen molar-refractivity contribution >= 4 is 11.6 Å². The van der Waals surface area contributed by atoms with Crippen molar-refractivity contribution < 1.29 is 41.0 Å². The Balaban J connectivity index is 2.63. The topological polar surface area (TPSA) is 56.8 Å². The summed E-state index contributed by atoms with van der Waals surface area (Å²) in [4.78, 5) is 11.4. The number of hydrogen-bond donors (Lipinski definition) is 1. The van der Waals surface area contributed by atoms with E-state index in [4.69, 9.17) is 4.74 Å². The van der Waals surface area contributed by atoms with Crippen LogP contribution in [0.15, 0.2) is 18.2 Å². The number of alkyl halides is 5. The molecule has 1 N–H and O–H groups in total. The summed E-state index contributed by atoms with van der Waals surface area (Å²) in [5.41, 5.74) is 0.0389. The molecule has 10 heteroatoms. The maximum Gasteiger partial charge on any atom is 0.411 e. The Labute approximate surface area is 122 Å². The molecule has 0 saturated heterocycles. The SMILES string of the molecule is COc1ccc(NC(=O)COCC(F)(F)F)cc1OC(F)F. The molecule has 124 valence electrons. The van der Waals surface area contributed by atoms with Crippen molar-refractivity contribution in [2.24, 2.45) is 0 Å². The van der Waals surface area contributed by atoms with Gasteiger partial charge in [-0.05, 0) is 12.1 Å². The van der Waals surface area contributed by atoms with Crippen LogP contribution in [-0.2, 0) is 9.53 Å². The summed E-state index contributed by atoms with van der Waals surface area (Å²) < 4.78 is 73.1. The molecule has 0 bridgehead atoms. The van der Waals surface area contributed by atoms with Crippen molar-refractivity contribution in [1.29, 1.82) is 0 Å². The van der Waals surface area contributed by atoms with Gasteiger partial charge >= 0.3 is 12.8 Å². The van der Waals surface area contributed by atoms with Gasteiger partial charge in [0.15, 0.2) is 11.5 Å². The van der Waals surface area contributed by atoms with Crippen LogP contribution in [0.25, 0.3) is 0 Å². The lowest BCUT2D eigenvalue weighted by Crippen LogP contribution is -2.24. The Bertz CT molecular complexity index is 507. The maximum atomic E-state index is 12.2. The van der Waals surface area contributed by atoms with Gasteiger partial charge in [0.2, 0.25) is 5.91 Å². The van der Waals surface area contributed by atoms with Gasteiger partial charge in [-0.15, -0.1) is 0 Å². The molecule has 0 radical (unpaired) electrons. The highest BCUT2D eigenvalue weighted by molar-refractivity contribution is 5.92. The molecule has 1 amide bonds. The lowest BCUT2D eigenvalue weighted by molar-refractivity contribution is -0.174. The van der Waals surface area contributed by atoms with Crippen LogP contribution in [0.3, 0.4) is 0 Å². The number of carbonyl (C=O) groups excluding carboxylic acids is 1. The van der Waals surface area contributed by atoms with Gasteiger partial charge in [0.25, 0.3) is 0 Å². The number of halogens is 5. The second kappa shape index (κ2) is 7.78. The Morgan fingerprint density at radius 1 is 1.27 bits per heavy atom. The number of benzene rings is 1. The number of ether oxygens (including phenoxy) is 3. The first-order valence-electron chi connectivity index (χ1n) is 5.78. The van der Waals surface area contributed by atoms with Crippen LogP contribution in [-0.4, -0.2) is 39.0 Å². The Hall–Kier alpha value is -2.10. The second-order valence-electron chi connectivity index (χ2n) is 3.90. The summed E-state index contributed by atoms with van der Waals surface area (Å²) in [7, 11) is 1.23. The van der Waals surface area contributed by atoms with Crippen molar-refractivity contribution in [1.82, 2.24) is 0 Å². The average molecular weight is 329 g/mol. The van der Waals surface area contributed by atoms with E-state index in [0.29, 0.717) is 0 Å². The van der Waals surface area contributed by atoms with E-state index in [1.165, 1.54) is 19.2 Å². The van der Waals surface area contributed by atoms with Crippen LogP contribution >= 0.6 is 0 Å². The fraction of sp³-hybridized carbons (Fsp3) is 0.417. The Morgan fingerprint density at radius 3 is 2.50 bits per heavy atom. The summed E-state index contributed by atoms with van der Waals surface area (Å²) in [6, 6.07) is 3.61. The normalized spacial score (nSPS) is 11.4. The summed E-state index contributed by atoms with van der Waals surface area (Å²) in [6.07, 6.45) is -4.54. The van der Waals surface area contributed by atoms with Gasteiger partial charge in [0.1, 0.15) is 13.2 Å². The first kappa shape index (κ1) is 18.0. The predicted octanol–water partition coefficient (Wildman–Crippen LogP) is 2.81. The first-order chi connectivity index (χ1) is 10.2. The standard InChI is InChI=1S/C12H12F5NO4/c1-20-8-3-2-7(4-9(8)22-11(13)14)18-10(19)5-21-6-12(15,16)17/h2-4,11H,5-6H2,1H3,(H,18,19). The van der Waals surface area contributed by atoms with Gasteiger partial charge in [0.05, 0.1) is 7.11 Å². The third-order valence-electron chi connectivity index (χ3n) is 2.16. The molecule has 0 spiro atoms. The van der Waals surface area contributed by atoms with E-state index < -0.39 is 31.9 Å². The maximum absolute atomic E-state index is 12.2. The van der Waals surface area contributed by atoms with Gasteiger partial charge in [0, 0.05) is 11.8 Å². The molecule has 0 atom stereocenters. The summed E-state index contributed by atoms with van der Waals surface area (Å²) >= 11 is 0. The minimum Gasteiger partial charge on any atom is -0.493 e. The third kappa shape index (κ3) is 6.57. The van der Waals surface area contributed by atoms with E-state index in [9.17, 15) is 26.7 Å². The zero-order valence-electron chi connectivity index (χ0n) is 11.2. The number of nitrogens with one attached hydrogen (secondary N) is 1. The minimum atomic E-state index is -4.54. The van der Waals surface area contributed by atoms with Gasteiger partial charge in [-0.3, -0.25) is 4.79 Å². The number of amides is 1. The highest BCUT2D eigenvalue weighted by atomic mass is 19.4. The molecule has 0 aromatic heterocycles. The van der Waals surface area contributed by atoms with Crippen LogP contribution < -0.4 is 14.8 Å². The molecule has 22 heavy (non-hydrogen) atoms. The largest absolute Gasteiger partial charge is 0.493 e. The molecule has 0 saturated carbocycles. The van der Waals surface area contributed by atoms with Crippen LogP contribution in [0.4, 0.5) is 27.6 Å². The van der Waals surface area contributed by atoms with Crippen molar-refractivity contribution in [2.45, 2.75) is 12.8 Å². The smallest absolute Gasteiger partial charge is 0.411 e. The minimum absolute atomic E-state index is 0.00613. The zero-order chi connectivity index (χ0) is 16.8. The van der Waals surface area contributed by atoms with Crippen LogP contribution in [0.2, 0.25) is 0 Å². The van der Waals surface area contributed by atoms with Crippen molar-refractivity contribution in [2.75, 3.05) is 25.6 Å². The number of anilines is 1.